The van der Waals surface area contributed by atoms with Gasteiger partial charge in [-0.2, -0.15) is 5.26 Å². The molecule has 0 spiro atoms. The first-order valence-electron chi connectivity index (χ1n) is 7.03. The Hall–Kier alpha value is -2.42. The summed E-state index contributed by atoms with van der Waals surface area (Å²) in [5.74, 6) is 0. The summed E-state index contributed by atoms with van der Waals surface area (Å²) in [5.41, 5.74) is 5.23. The Morgan fingerprint density at radius 2 is 2.00 bits per heavy atom. The van der Waals surface area contributed by atoms with E-state index >= 15 is 0 Å². The highest BCUT2D eigenvalue weighted by atomic mass is 35.5. The predicted octanol–water partition coefficient (Wildman–Crippen LogP) is 4.75. The fraction of sp³-hybridized carbons (Fsp3) is 0.118. The maximum absolute atomic E-state index is 9.64. The van der Waals surface area contributed by atoms with E-state index in [0.717, 1.165) is 32.9 Å². The van der Waals surface area contributed by atoms with Crippen LogP contribution in [0.3, 0.4) is 0 Å². The average molecular weight is 339 g/mol. The van der Waals surface area contributed by atoms with E-state index < -0.39 is 0 Å². The highest BCUT2D eigenvalue weighted by Gasteiger charge is 2.21. The molecule has 23 heavy (non-hydrogen) atoms. The van der Waals surface area contributed by atoms with Crippen LogP contribution in [0.2, 0.25) is 5.15 Å². The first kappa shape index (κ1) is 14.2. The highest BCUT2D eigenvalue weighted by molar-refractivity contribution is 7.09. The van der Waals surface area contributed by atoms with Crippen molar-refractivity contribution in [2.24, 2.45) is 0 Å². The number of aryl methyl sites for hydroxylation is 1. The first-order valence-corrected chi connectivity index (χ1v) is 8.29. The van der Waals surface area contributed by atoms with Crippen LogP contribution in [0.15, 0.2) is 29.6 Å². The second-order valence-electron chi connectivity index (χ2n) is 5.29. The average Bonchev–Trinajstić information content (AvgIpc) is 3.11. The summed E-state index contributed by atoms with van der Waals surface area (Å²) in [6.45, 7) is 3.85. The van der Waals surface area contributed by atoms with Gasteiger partial charge < -0.3 is 0 Å². The molecule has 6 heteroatoms. The number of hydrogen-bond donors (Lipinski definition) is 0. The van der Waals surface area contributed by atoms with E-state index in [-0.39, 0.29) is 0 Å². The zero-order valence-corrected chi connectivity index (χ0v) is 14.0. The van der Waals surface area contributed by atoms with Gasteiger partial charge in [-0.15, -0.1) is 11.3 Å². The van der Waals surface area contributed by atoms with E-state index in [2.05, 4.69) is 16.0 Å². The zero-order chi connectivity index (χ0) is 16.1. The van der Waals surface area contributed by atoms with Gasteiger partial charge in [-0.05, 0) is 31.5 Å². The molecule has 0 saturated carbocycles. The monoisotopic (exact) mass is 338 g/mol. The van der Waals surface area contributed by atoms with E-state index in [0.29, 0.717) is 16.4 Å². The Morgan fingerprint density at radius 3 is 2.70 bits per heavy atom. The first-order chi connectivity index (χ1) is 11.1. The summed E-state index contributed by atoms with van der Waals surface area (Å²) in [5, 5.41) is 13.1. The Balaban J connectivity index is 2.24. The molecule has 0 atom stereocenters. The normalized spacial score (nSPS) is 11.2. The minimum absolute atomic E-state index is 0.534. The lowest BCUT2D eigenvalue weighted by molar-refractivity contribution is 1.18. The number of thiazole rings is 1. The number of hydrogen-bond acceptors (Lipinski definition) is 4. The molecule has 0 radical (unpaired) electrons. The van der Waals surface area contributed by atoms with Crippen molar-refractivity contribution in [3.8, 4) is 17.3 Å². The molecule has 0 aliphatic rings. The van der Waals surface area contributed by atoms with Crippen molar-refractivity contribution in [1.82, 2.24) is 14.4 Å². The van der Waals surface area contributed by atoms with Crippen LogP contribution < -0.4 is 0 Å². The molecule has 112 valence electrons. The molecule has 0 aliphatic carbocycles. The molecule has 4 aromatic rings. The standard InChI is InChI=1S/C17H11ClN4S/c1-9-11(7-19)17-21-12-5-3-4-6-14(12)22(17)16(18)15(9)13-8-23-10(2)20-13/h3-6,8H,1-2H3. The lowest BCUT2D eigenvalue weighted by atomic mass is 10.0. The molecule has 1 aromatic carbocycles. The molecule has 0 N–H and O–H groups in total. The summed E-state index contributed by atoms with van der Waals surface area (Å²) >= 11 is 8.28. The van der Waals surface area contributed by atoms with Crippen LogP contribution in [0, 0.1) is 25.2 Å². The van der Waals surface area contributed by atoms with Crippen molar-refractivity contribution in [3.63, 3.8) is 0 Å². The van der Waals surface area contributed by atoms with Gasteiger partial charge in [-0.25, -0.2) is 9.97 Å². The molecule has 0 saturated heterocycles. The summed E-state index contributed by atoms with van der Waals surface area (Å²) < 4.78 is 1.84. The topological polar surface area (TPSA) is 54.0 Å². The van der Waals surface area contributed by atoms with Crippen molar-refractivity contribution in [2.45, 2.75) is 13.8 Å². The number of benzene rings is 1. The van der Waals surface area contributed by atoms with E-state index in [1.807, 2.05) is 47.9 Å². The fourth-order valence-electron chi connectivity index (χ4n) is 2.86. The lowest BCUT2D eigenvalue weighted by Gasteiger charge is -2.11. The number of nitriles is 1. The quantitative estimate of drug-likeness (QED) is 0.470. The van der Waals surface area contributed by atoms with Crippen LogP contribution in [0.4, 0.5) is 0 Å². The molecule has 3 heterocycles. The third-order valence-corrected chi connectivity index (χ3v) is 5.06. The number of halogens is 1. The largest absolute Gasteiger partial charge is 0.281 e. The van der Waals surface area contributed by atoms with Gasteiger partial charge >= 0.3 is 0 Å². The number of para-hydroxylation sites is 2. The Bertz CT molecular complexity index is 1120. The van der Waals surface area contributed by atoms with Crippen LogP contribution in [0.5, 0.6) is 0 Å². The Kier molecular flexibility index (Phi) is 3.12. The highest BCUT2D eigenvalue weighted by Crippen LogP contribution is 2.37. The molecular weight excluding hydrogens is 328 g/mol. The molecule has 0 unspecified atom stereocenters. The van der Waals surface area contributed by atoms with Crippen LogP contribution in [0.1, 0.15) is 16.1 Å². The second kappa shape index (κ2) is 5.05. The third kappa shape index (κ3) is 1.96. The van der Waals surface area contributed by atoms with Gasteiger partial charge in [0.15, 0.2) is 5.65 Å². The zero-order valence-electron chi connectivity index (χ0n) is 12.5. The van der Waals surface area contributed by atoms with Gasteiger partial charge in [-0.3, -0.25) is 4.40 Å². The number of aromatic nitrogens is 3. The van der Waals surface area contributed by atoms with Crippen molar-refractivity contribution in [1.29, 1.82) is 5.26 Å². The molecule has 0 bridgehead atoms. The van der Waals surface area contributed by atoms with Crippen molar-refractivity contribution < 1.29 is 0 Å². The summed E-state index contributed by atoms with van der Waals surface area (Å²) in [4.78, 5) is 9.13. The lowest BCUT2D eigenvalue weighted by Crippen LogP contribution is -1.99. The number of rotatable bonds is 1. The van der Waals surface area contributed by atoms with Gasteiger partial charge in [0.1, 0.15) is 11.2 Å². The maximum Gasteiger partial charge on any atom is 0.157 e. The SMILES string of the molecule is Cc1nc(-c2c(C)c(C#N)c3nc4ccccc4n3c2Cl)cs1. The molecule has 0 fully saturated rings. The number of pyridine rings is 1. The number of imidazole rings is 1. The number of nitrogens with zero attached hydrogens (tertiary/aromatic N) is 4. The van der Waals surface area contributed by atoms with E-state index in [1.165, 1.54) is 0 Å². The summed E-state index contributed by atoms with van der Waals surface area (Å²) in [7, 11) is 0. The Labute approximate surface area is 141 Å². The third-order valence-electron chi connectivity index (χ3n) is 3.92. The minimum atomic E-state index is 0.534. The Morgan fingerprint density at radius 1 is 1.22 bits per heavy atom. The maximum atomic E-state index is 9.64. The van der Waals surface area contributed by atoms with Crippen LogP contribution >= 0.6 is 22.9 Å². The van der Waals surface area contributed by atoms with Crippen LogP contribution in [-0.4, -0.2) is 14.4 Å². The summed E-state index contributed by atoms with van der Waals surface area (Å²) in [6.07, 6.45) is 0. The summed E-state index contributed by atoms with van der Waals surface area (Å²) in [6, 6.07) is 10.0. The molecule has 4 rings (SSSR count). The van der Waals surface area contributed by atoms with Gasteiger partial charge in [0.05, 0.1) is 27.3 Å². The number of fused-ring (bicyclic) bond motifs is 3. The van der Waals surface area contributed by atoms with Crippen LogP contribution in [-0.2, 0) is 0 Å². The van der Waals surface area contributed by atoms with Crippen molar-refractivity contribution >= 4 is 39.6 Å². The van der Waals surface area contributed by atoms with Gasteiger partial charge in [0.25, 0.3) is 0 Å². The van der Waals surface area contributed by atoms with E-state index in [1.54, 1.807) is 11.3 Å². The van der Waals surface area contributed by atoms with Gasteiger partial charge in [-0.1, -0.05) is 23.7 Å². The molecule has 0 amide bonds. The van der Waals surface area contributed by atoms with E-state index in [4.69, 9.17) is 11.6 Å². The van der Waals surface area contributed by atoms with Crippen molar-refractivity contribution in [3.05, 3.63) is 50.9 Å². The predicted molar refractivity (Wildman–Crippen MR) is 93.0 cm³/mol. The van der Waals surface area contributed by atoms with E-state index in [9.17, 15) is 5.26 Å². The van der Waals surface area contributed by atoms with Crippen LogP contribution in [0.25, 0.3) is 27.9 Å². The molecule has 3 aromatic heterocycles. The molecule has 4 nitrogen and oxygen atoms in total. The van der Waals surface area contributed by atoms with Gasteiger partial charge in [0, 0.05) is 10.9 Å². The molecule has 0 aliphatic heterocycles. The second-order valence-corrected chi connectivity index (χ2v) is 6.71. The van der Waals surface area contributed by atoms with Crippen molar-refractivity contribution in [2.75, 3.05) is 0 Å². The fourth-order valence-corrected chi connectivity index (χ4v) is 3.87. The van der Waals surface area contributed by atoms with Gasteiger partial charge in [0.2, 0.25) is 0 Å². The minimum Gasteiger partial charge on any atom is -0.281 e. The smallest absolute Gasteiger partial charge is 0.157 e. The molecular formula is C17H11ClN4S.